The van der Waals surface area contributed by atoms with E-state index in [9.17, 15) is 8.42 Å². The van der Waals surface area contributed by atoms with Crippen molar-refractivity contribution in [3.05, 3.63) is 65.5 Å². The Morgan fingerprint density at radius 2 is 1.70 bits per heavy atom. The van der Waals surface area contributed by atoms with Gasteiger partial charge in [0.05, 0.1) is 10.9 Å². The van der Waals surface area contributed by atoms with Crippen LogP contribution in [-0.4, -0.2) is 53.9 Å². The number of hydrogen-bond acceptors (Lipinski definition) is 6. The topological polar surface area (TPSA) is 79.5 Å². The lowest BCUT2D eigenvalue weighted by Crippen LogP contribution is -2.49. The van der Waals surface area contributed by atoms with E-state index in [0.29, 0.717) is 42.8 Å². The van der Waals surface area contributed by atoms with E-state index in [4.69, 9.17) is 4.52 Å². The van der Waals surface area contributed by atoms with Crippen molar-refractivity contribution >= 4 is 10.0 Å². The van der Waals surface area contributed by atoms with Gasteiger partial charge in [0.15, 0.2) is 0 Å². The van der Waals surface area contributed by atoms with Crippen molar-refractivity contribution < 1.29 is 12.9 Å². The molecular weight excluding hydrogens is 400 g/mol. The molecule has 0 saturated carbocycles. The van der Waals surface area contributed by atoms with E-state index in [1.54, 1.807) is 10.4 Å². The standard InChI is InChI=1S/C22H26N4O3S/c1-16-9-10-17(2)20(15-16)30(27,28)26-13-11-25(12-14-26)18(3)22-23-21(24-29-22)19-7-5-4-6-8-19/h4-10,15,18H,11-14H2,1-3H3. The number of hydrogen-bond donors (Lipinski definition) is 0. The SMILES string of the molecule is Cc1ccc(C)c(S(=O)(=O)N2CCN(C(C)c3nc(-c4ccccc4)no3)CC2)c1. The molecular formula is C22H26N4O3S. The van der Waals surface area contributed by atoms with Crippen LogP contribution in [0, 0.1) is 13.8 Å². The van der Waals surface area contributed by atoms with Gasteiger partial charge in [-0.05, 0) is 38.0 Å². The Hall–Kier alpha value is -2.55. The zero-order chi connectivity index (χ0) is 21.3. The first-order chi connectivity index (χ1) is 14.4. The molecule has 1 atom stereocenters. The van der Waals surface area contributed by atoms with Crippen molar-refractivity contribution in [2.75, 3.05) is 26.2 Å². The molecule has 0 aliphatic carbocycles. The van der Waals surface area contributed by atoms with Gasteiger partial charge >= 0.3 is 0 Å². The number of aromatic nitrogens is 2. The summed E-state index contributed by atoms with van der Waals surface area (Å²) >= 11 is 0. The first kappa shape index (κ1) is 20.7. The summed E-state index contributed by atoms with van der Waals surface area (Å²) in [5, 5.41) is 4.10. The van der Waals surface area contributed by atoms with E-state index in [-0.39, 0.29) is 6.04 Å². The molecule has 0 N–H and O–H groups in total. The molecule has 3 aromatic rings. The quantitative estimate of drug-likeness (QED) is 0.622. The fourth-order valence-corrected chi connectivity index (χ4v) is 5.45. The summed E-state index contributed by atoms with van der Waals surface area (Å²) in [6.07, 6.45) is 0. The lowest BCUT2D eigenvalue weighted by molar-refractivity contribution is 0.124. The number of benzene rings is 2. The highest BCUT2D eigenvalue weighted by Crippen LogP contribution is 2.26. The predicted octanol–water partition coefficient (Wildman–Crippen LogP) is 3.42. The molecule has 1 unspecified atom stereocenters. The van der Waals surface area contributed by atoms with Gasteiger partial charge in [-0.15, -0.1) is 0 Å². The van der Waals surface area contributed by atoms with Crippen LogP contribution in [0.25, 0.3) is 11.4 Å². The van der Waals surface area contributed by atoms with Crippen LogP contribution in [0.5, 0.6) is 0 Å². The first-order valence-corrected chi connectivity index (χ1v) is 11.5. The van der Waals surface area contributed by atoms with Gasteiger partial charge in [-0.2, -0.15) is 9.29 Å². The normalized spacial score (nSPS) is 17.2. The molecule has 1 fully saturated rings. The second kappa shape index (κ2) is 8.29. The van der Waals surface area contributed by atoms with E-state index in [1.165, 1.54) is 0 Å². The maximum absolute atomic E-state index is 13.1. The van der Waals surface area contributed by atoms with Gasteiger partial charge in [-0.1, -0.05) is 47.6 Å². The van der Waals surface area contributed by atoms with Crippen LogP contribution in [0.3, 0.4) is 0 Å². The number of nitrogens with zero attached hydrogens (tertiary/aromatic N) is 4. The average Bonchev–Trinajstić information content (AvgIpc) is 3.26. The Morgan fingerprint density at radius 3 is 2.40 bits per heavy atom. The van der Waals surface area contributed by atoms with Crippen LogP contribution in [0.2, 0.25) is 0 Å². The summed E-state index contributed by atoms with van der Waals surface area (Å²) in [6, 6.07) is 15.2. The van der Waals surface area contributed by atoms with E-state index in [1.807, 2.05) is 63.2 Å². The van der Waals surface area contributed by atoms with Crippen LogP contribution in [-0.2, 0) is 10.0 Å². The zero-order valence-corrected chi connectivity index (χ0v) is 18.3. The van der Waals surface area contributed by atoms with Gasteiger partial charge in [0.2, 0.25) is 21.7 Å². The Kier molecular flexibility index (Phi) is 5.73. The molecule has 2 heterocycles. The second-order valence-corrected chi connectivity index (χ2v) is 9.61. The third-order valence-corrected chi connectivity index (χ3v) is 7.65. The minimum absolute atomic E-state index is 0.0828. The minimum atomic E-state index is -3.51. The first-order valence-electron chi connectivity index (χ1n) is 10.1. The summed E-state index contributed by atoms with van der Waals surface area (Å²) in [5.41, 5.74) is 2.62. The van der Waals surface area contributed by atoms with Crippen LogP contribution in [0.15, 0.2) is 57.9 Å². The smallest absolute Gasteiger partial charge is 0.244 e. The van der Waals surface area contributed by atoms with Crippen molar-refractivity contribution in [2.45, 2.75) is 31.7 Å². The largest absolute Gasteiger partial charge is 0.337 e. The molecule has 0 bridgehead atoms. The highest BCUT2D eigenvalue weighted by Gasteiger charge is 2.32. The molecule has 7 nitrogen and oxygen atoms in total. The number of piperazine rings is 1. The highest BCUT2D eigenvalue weighted by molar-refractivity contribution is 7.89. The molecule has 4 rings (SSSR count). The second-order valence-electron chi connectivity index (χ2n) is 7.71. The van der Waals surface area contributed by atoms with E-state index >= 15 is 0 Å². The number of aryl methyl sites for hydroxylation is 2. The molecule has 1 saturated heterocycles. The lowest BCUT2D eigenvalue weighted by atomic mass is 10.2. The number of rotatable bonds is 5. The molecule has 1 aliphatic rings. The molecule has 0 amide bonds. The Balaban J connectivity index is 1.44. The summed E-state index contributed by atoms with van der Waals surface area (Å²) in [7, 11) is -3.51. The van der Waals surface area contributed by atoms with Crippen molar-refractivity contribution in [3.63, 3.8) is 0 Å². The van der Waals surface area contributed by atoms with Crippen LogP contribution < -0.4 is 0 Å². The van der Waals surface area contributed by atoms with Gasteiger partial charge in [0.1, 0.15) is 0 Å². The maximum Gasteiger partial charge on any atom is 0.244 e. The maximum atomic E-state index is 13.1. The summed E-state index contributed by atoms with van der Waals surface area (Å²) in [4.78, 5) is 7.12. The third kappa shape index (κ3) is 4.03. The van der Waals surface area contributed by atoms with Gasteiger partial charge in [-0.25, -0.2) is 8.42 Å². The summed E-state index contributed by atoms with van der Waals surface area (Å²) in [5.74, 6) is 1.10. The van der Waals surface area contributed by atoms with E-state index < -0.39 is 10.0 Å². The van der Waals surface area contributed by atoms with Crippen LogP contribution in [0.1, 0.15) is 30.0 Å². The van der Waals surface area contributed by atoms with Crippen LogP contribution >= 0.6 is 0 Å². The summed E-state index contributed by atoms with van der Waals surface area (Å²) < 4.78 is 33.3. The molecule has 158 valence electrons. The van der Waals surface area contributed by atoms with Gasteiger partial charge in [0.25, 0.3) is 0 Å². The average molecular weight is 427 g/mol. The molecule has 8 heteroatoms. The fraction of sp³-hybridized carbons (Fsp3) is 0.364. The predicted molar refractivity (Wildman–Crippen MR) is 114 cm³/mol. The molecule has 0 radical (unpaired) electrons. The fourth-order valence-electron chi connectivity index (χ4n) is 3.72. The monoisotopic (exact) mass is 426 g/mol. The molecule has 1 aromatic heterocycles. The molecule has 0 spiro atoms. The minimum Gasteiger partial charge on any atom is -0.337 e. The molecule has 30 heavy (non-hydrogen) atoms. The highest BCUT2D eigenvalue weighted by atomic mass is 32.2. The Morgan fingerprint density at radius 1 is 1.00 bits per heavy atom. The van der Waals surface area contributed by atoms with Gasteiger partial charge in [-0.3, -0.25) is 4.90 Å². The van der Waals surface area contributed by atoms with Crippen molar-refractivity contribution in [1.82, 2.24) is 19.3 Å². The summed E-state index contributed by atoms with van der Waals surface area (Å²) in [6.45, 7) is 7.83. The van der Waals surface area contributed by atoms with Crippen LogP contribution in [0.4, 0.5) is 0 Å². The van der Waals surface area contributed by atoms with Crippen molar-refractivity contribution in [3.8, 4) is 11.4 Å². The van der Waals surface area contributed by atoms with Gasteiger partial charge in [0, 0.05) is 31.7 Å². The molecule has 1 aliphatic heterocycles. The Labute approximate surface area is 177 Å². The van der Waals surface area contributed by atoms with Crippen molar-refractivity contribution in [2.24, 2.45) is 0 Å². The lowest BCUT2D eigenvalue weighted by Gasteiger charge is -2.36. The third-order valence-electron chi connectivity index (χ3n) is 5.61. The zero-order valence-electron chi connectivity index (χ0n) is 17.4. The Bertz CT molecular complexity index is 1120. The van der Waals surface area contributed by atoms with Gasteiger partial charge < -0.3 is 4.52 Å². The van der Waals surface area contributed by atoms with E-state index in [2.05, 4.69) is 15.0 Å². The van der Waals surface area contributed by atoms with Crippen molar-refractivity contribution in [1.29, 1.82) is 0 Å². The van der Waals surface area contributed by atoms with E-state index in [0.717, 1.165) is 16.7 Å². The molecule has 2 aromatic carbocycles. The number of sulfonamides is 1.